The summed E-state index contributed by atoms with van der Waals surface area (Å²) in [5.74, 6) is 0.384. The van der Waals surface area contributed by atoms with E-state index in [0.29, 0.717) is 5.75 Å². The van der Waals surface area contributed by atoms with E-state index in [1.165, 1.54) is 0 Å². The van der Waals surface area contributed by atoms with E-state index < -0.39 is 6.04 Å². The fraction of sp³-hybridized carbons (Fsp3) is 0.235. The van der Waals surface area contributed by atoms with Crippen LogP contribution in [-0.4, -0.2) is 24.2 Å². The second-order valence-corrected chi connectivity index (χ2v) is 4.82. The highest BCUT2D eigenvalue weighted by Crippen LogP contribution is 2.13. The quantitative estimate of drug-likeness (QED) is 0.855. The standard InChI is InChI=1S/C17H19NO3/c1-13-7-9-15(10-8-13)21-12-17(20)18-16(11-19)14-5-3-2-4-6-14/h2-10,16,19H,11-12H2,1H3,(H,18,20)/t16-/m0/s1. The summed E-state index contributed by atoms with van der Waals surface area (Å²) >= 11 is 0. The van der Waals surface area contributed by atoms with Crippen LogP contribution >= 0.6 is 0 Å². The van der Waals surface area contributed by atoms with Gasteiger partial charge in [-0.3, -0.25) is 4.79 Å². The number of ether oxygens (including phenoxy) is 1. The highest BCUT2D eigenvalue weighted by atomic mass is 16.5. The van der Waals surface area contributed by atoms with Gasteiger partial charge in [-0.1, -0.05) is 48.0 Å². The Balaban J connectivity index is 1.87. The van der Waals surface area contributed by atoms with Crippen molar-refractivity contribution in [3.63, 3.8) is 0 Å². The number of aryl methyl sites for hydroxylation is 1. The lowest BCUT2D eigenvalue weighted by atomic mass is 10.1. The predicted octanol–water partition coefficient (Wildman–Crippen LogP) is 2.22. The van der Waals surface area contributed by atoms with Gasteiger partial charge in [-0.2, -0.15) is 0 Å². The van der Waals surface area contributed by atoms with Gasteiger partial charge in [0.25, 0.3) is 5.91 Å². The number of hydrogen-bond acceptors (Lipinski definition) is 3. The van der Waals surface area contributed by atoms with Crippen LogP contribution in [0.15, 0.2) is 54.6 Å². The molecule has 0 fully saturated rings. The maximum absolute atomic E-state index is 11.9. The fourth-order valence-corrected chi connectivity index (χ4v) is 1.94. The van der Waals surface area contributed by atoms with E-state index in [1.54, 1.807) is 0 Å². The van der Waals surface area contributed by atoms with Crippen LogP contribution in [0.1, 0.15) is 17.2 Å². The van der Waals surface area contributed by atoms with Gasteiger partial charge in [-0.25, -0.2) is 0 Å². The minimum atomic E-state index is -0.416. The first-order valence-corrected chi connectivity index (χ1v) is 6.83. The smallest absolute Gasteiger partial charge is 0.258 e. The third-order valence-electron chi connectivity index (χ3n) is 3.11. The highest BCUT2D eigenvalue weighted by molar-refractivity contribution is 5.78. The normalized spacial score (nSPS) is 11.7. The first-order chi connectivity index (χ1) is 10.2. The molecule has 0 heterocycles. The zero-order chi connectivity index (χ0) is 15.1. The molecule has 21 heavy (non-hydrogen) atoms. The van der Waals surface area contributed by atoms with Gasteiger partial charge < -0.3 is 15.2 Å². The third-order valence-corrected chi connectivity index (χ3v) is 3.11. The molecule has 2 aromatic carbocycles. The molecule has 0 aliphatic carbocycles. The number of rotatable bonds is 6. The molecule has 2 aromatic rings. The monoisotopic (exact) mass is 285 g/mol. The van der Waals surface area contributed by atoms with E-state index in [4.69, 9.17) is 4.74 Å². The van der Waals surface area contributed by atoms with Gasteiger partial charge in [0, 0.05) is 0 Å². The van der Waals surface area contributed by atoms with Gasteiger partial charge >= 0.3 is 0 Å². The molecule has 4 nitrogen and oxygen atoms in total. The van der Waals surface area contributed by atoms with Gasteiger partial charge in [0.15, 0.2) is 6.61 Å². The van der Waals surface area contributed by atoms with Crippen molar-refractivity contribution in [3.05, 3.63) is 65.7 Å². The summed E-state index contributed by atoms with van der Waals surface area (Å²) < 4.78 is 5.41. The largest absolute Gasteiger partial charge is 0.484 e. The van der Waals surface area contributed by atoms with Crippen molar-refractivity contribution in [2.24, 2.45) is 0 Å². The average Bonchev–Trinajstić information content (AvgIpc) is 2.53. The molecule has 4 heteroatoms. The van der Waals surface area contributed by atoms with Crippen LogP contribution in [0.2, 0.25) is 0 Å². The van der Waals surface area contributed by atoms with Crippen molar-refractivity contribution in [2.45, 2.75) is 13.0 Å². The number of aliphatic hydroxyl groups is 1. The Bertz CT molecular complexity index is 566. The molecule has 0 saturated heterocycles. The fourth-order valence-electron chi connectivity index (χ4n) is 1.94. The number of amides is 1. The number of carbonyl (C=O) groups is 1. The Morgan fingerprint density at radius 1 is 1.14 bits per heavy atom. The molecule has 0 saturated carbocycles. The maximum atomic E-state index is 11.9. The first kappa shape index (κ1) is 15.1. The van der Waals surface area contributed by atoms with E-state index in [2.05, 4.69) is 5.32 Å². The van der Waals surface area contributed by atoms with Crippen molar-refractivity contribution in [1.82, 2.24) is 5.32 Å². The topological polar surface area (TPSA) is 58.6 Å². The number of benzene rings is 2. The molecule has 0 aliphatic heterocycles. The Kier molecular flexibility index (Phi) is 5.35. The molecule has 1 amide bonds. The van der Waals surface area contributed by atoms with Crippen LogP contribution in [0.25, 0.3) is 0 Å². The van der Waals surface area contributed by atoms with Crippen molar-refractivity contribution < 1.29 is 14.6 Å². The zero-order valence-corrected chi connectivity index (χ0v) is 12.0. The van der Waals surface area contributed by atoms with Crippen molar-refractivity contribution in [2.75, 3.05) is 13.2 Å². The lowest BCUT2D eigenvalue weighted by Gasteiger charge is -2.17. The third kappa shape index (κ3) is 4.61. The summed E-state index contributed by atoms with van der Waals surface area (Å²) in [4.78, 5) is 11.9. The summed E-state index contributed by atoms with van der Waals surface area (Å²) in [5, 5.41) is 12.1. The van der Waals surface area contributed by atoms with Gasteiger partial charge in [0.05, 0.1) is 12.6 Å². The Morgan fingerprint density at radius 3 is 2.43 bits per heavy atom. The van der Waals surface area contributed by atoms with Crippen molar-refractivity contribution in [1.29, 1.82) is 0 Å². The summed E-state index contributed by atoms with van der Waals surface area (Å²) in [6.45, 7) is 1.76. The number of carbonyl (C=O) groups excluding carboxylic acids is 1. The molecule has 2 rings (SSSR count). The van der Waals surface area contributed by atoms with E-state index >= 15 is 0 Å². The van der Waals surface area contributed by atoms with E-state index in [-0.39, 0.29) is 19.1 Å². The predicted molar refractivity (Wildman–Crippen MR) is 81.1 cm³/mol. The van der Waals surface area contributed by atoms with Crippen LogP contribution < -0.4 is 10.1 Å². The molecule has 110 valence electrons. The van der Waals surface area contributed by atoms with Gasteiger partial charge in [-0.15, -0.1) is 0 Å². The second kappa shape index (κ2) is 7.45. The molecule has 1 atom stereocenters. The number of hydrogen-bond donors (Lipinski definition) is 2. The zero-order valence-electron chi connectivity index (χ0n) is 12.0. The molecule has 0 spiro atoms. The average molecular weight is 285 g/mol. The van der Waals surface area contributed by atoms with Crippen LogP contribution in [0, 0.1) is 6.92 Å². The summed E-state index contributed by atoms with van der Waals surface area (Å²) in [6, 6.07) is 16.4. The molecular formula is C17H19NO3. The summed E-state index contributed by atoms with van der Waals surface area (Å²) in [5.41, 5.74) is 2.00. The molecule has 0 aromatic heterocycles. The Morgan fingerprint density at radius 2 is 1.81 bits per heavy atom. The maximum Gasteiger partial charge on any atom is 0.258 e. The van der Waals surface area contributed by atoms with Gasteiger partial charge in [-0.05, 0) is 24.6 Å². The molecule has 0 unspecified atom stereocenters. The highest BCUT2D eigenvalue weighted by Gasteiger charge is 2.13. The van der Waals surface area contributed by atoms with Crippen LogP contribution in [0.5, 0.6) is 5.75 Å². The molecular weight excluding hydrogens is 266 g/mol. The van der Waals surface area contributed by atoms with E-state index in [1.807, 2.05) is 61.5 Å². The van der Waals surface area contributed by atoms with Gasteiger partial charge in [0.2, 0.25) is 0 Å². The number of aliphatic hydroxyl groups excluding tert-OH is 1. The Labute approximate surface area is 124 Å². The van der Waals surface area contributed by atoms with E-state index in [9.17, 15) is 9.90 Å². The lowest BCUT2D eigenvalue weighted by Crippen LogP contribution is -2.34. The van der Waals surface area contributed by atoms with Gasteiger partial charge in [0.1, 0.15) is 5.75 Å². The summed E-state index contributed by atoms with van der Waals surface area (Å²) in [7, 11) is 0. The lowest BCUT2D eigenvalue weighted by molar-refractivity contribution is -0.124. The minimum absolute atomic E-state index is 0.0770. The van der Waals surface area contributed by atoms with Crippen molar-refractivity contribution in [3.8, 4) is 5.75 Å². The Hall–Kier alpha value is -2.33. The van der Waals surface area contributed by atoms with Crippen molar-refractivity contribution >= 4 is 5.91 Å². The SMILES string of the molecule is Cc1ccc(OCC(=O)N[C@@H](CO)c2ccccc2)cc1. The minimum Gasteiger partial charge on any atom is -0.484 e. The summed E-state index contributed by atoms with van der Waals surface area (Å²) in [6.07, 6.45) is 0. The molecule has 2 N–H and O–H groups in total. The molecule has 0 aliphatic rings. The van der Waals surface area contributed by atoms with Crippen LogP contribution in [0.4, 0.5) is 0 Å². The van der Waals surface area contributed by atoms with Crippen LogP contribution in [-0.2, 0) is 4.79 Å². The first-order valence-electron chi connectivity index (χ1n) is 6.83. The van der Waals surface area contributed by atoms with E-state index in [0.717, 1.165) is 11.1 Å². The van der Waals surface area contributed by atoms with Crippen LogP contribution in [0.3, 0.4) is 0 Å². The number of nitrogens with one attached hydrogen (secondary N) is 1. The molecule has 0 radical (unpaired) electrons. The second-order valence-electron chi connectivity index (χ2n) is 4.82. The molecule has 0 bridgehead atoms.